The molecular weight excluding hydrogens is 332 g/mol. The summed E-state index contributed by atoms with van der Waals surface area (Å²) in [6, 6.07) is 4.75. The van der Waals surface area contributed by atoms with E-state index in [0.717, 1.165) is 30.5 Å². The Morgan fingerprint density at radius 1 is 1.47 bits per heavy atom. The predicted octanol–water partition coefficient (Wildman–Crippen LogP) is 1.74. The van der Waals surface area contributed by atoms with E-state index in [0.29, 0.717) is 12.5 Å². The average Bonchev–Trinajstić information content (AvgIpc) is 2.81. The van der Waals surface area contributed by atoms with Gasteiger partial charge in [-0.1, -0.05) is 15.9 Å². The molecule has 7 heteroatoms. The molecule has 1 unspecified atom stereocenters. The van der Waals surface area contributed by atoms with Gasteiger partial charge in [0.05, 0.1) is 5.69 Å². The normalized spacial score (nSPS) is 19.7. The summed E-state index contributed by atoms with van der Waals surface area (Å²) < 4.78 is 32.8. The zero-order chi connectivity index (χ0) is 13.9. The van der Waals surface area contributed by atoms with Gasteiger partial charge in [0, 0.05) is 24.2 Å². The van der Waals surface area contributed by atoms with Crippen molar-refractivity contribution in [2.45, 2.75) is 17.7 Å². The van der Waals surface area contributed by atoms with E-state index in [1.165, 1.54) is 6.07 Å². The summed E-state index contributed by atoms with van der Waals surface area (Å²) in [7, 11) is -3.54. The molecule has 3 N–H and O–H groups in total. The Morgan fingerprint density at radius 3 is 2.89 bits per heavy atom. The molecule has 1 aliphatic heterocycles. The maximum atomic E-state index is 12.1. The van der Waals surface area contributed by atoms with Crippen LogP contribution in [0.4, 0.5) is 5.69 Å². The summed E-state index contributed by atoms with van der Waals surface area (Å²) in [4.78, 5) is 0.123. The molecule has 0 radical (unpaired) electrons. The van der Waals surface area contributed by atoms with E-state index in [9.17, 15) is 8.42 Å². The highest BCUT2D eigenvalue weighted by Crippen LogP contribution is 2.23. The van der Waals surface area contributed by atoms with Crippen LogP contribution in [-0.4, -0.2) is 28.2 Å². The van der Waals surface area contributed by atoms with E-state index in [4.69, 9.17) is 10.5 Å². The second kappa shape index (κ2) is 6.21. The van der Waals surface area contributed by atoms with E-state index in [1.54, 1.807) is 12.1 Å². The molecular formula is C12H17BrN2O3S. The Labute approximate surface area is 121 Å². The second-order valence-electron chi connectivity index (χ2n) is 4.60. The van der Waals surface area contributed by atoms with E-state index < -0.39 is 10.0 Å². The van der Waals surface area contributed by atoms with Crippen molar-refractivity contribution in [3.63, 3.8) is 0 Å². The fraction of sp³-hybridized carbons (Fsp3) is 0.500. The Bertz CT molecular complexity index is 542. The van der Waals surface area contributed by atoms with Crippen LogP contribution in [0, 0.1) is 5.92 Å². The first-order valence-electron chi connectivity index (χ1n) is 6.11. The number of halogens is 1. The third-order valence-electron chi connectivity index (χ3n) is 3.13. The number of ether oxygens (including phenoxy) is 1. The zero-order valence-corrected chi connectivity index (χ0v) is 12.8. The van der Waals surface area contributed by atoms with Gasteiger partial charge in [-0.05, 0) is 37.0 Å². The van der Waals surface area contributed by atoms with Crippen molar-refractivity contribution in [2.24, 2.45) is 5.92 Å². The quantitative estimate of drug-likeness (QED) is 0.794. The molecule has 0 spiro atoms. The number of benzene rings is 1. The Kier molecular flexibility index (Phi) is 4.83. The summed E-state index contributed by atoms with van der Waals surface area (Å²) >= 11 is 3.25. The average molecular weight is 349 g/mol. The largest absolute Gasteiger partial charge is 0.398 e. The number of hydrogen-bond acceptors (Lipinski definition) is 4. The minimum atomic E-state index is -3.54. The number of nitrogens with one attached hydrogen (secondary N) is 1. The van der Waals surface area contributed by atoms with Crippen LogP contribution in [0.1, 0.15) is 12.8 Å². The lowest BCUT2D eigenvalue weighted by atomic mass is 10.1. The van der Waals surface area contributed by atoms with Gasteiger partial charge >= 0.3 is 0 Å². The molecule has 1 heterocycles. The molecule has 5 nitrogen and oxygen atoms in total. The summed E-state index contributed by atoms with van der Waals surface area (Å²) in [6.45, 7) is 1.91. The Balaban J connectivity index is 1.97. The maximum absolute atomic E-state index is 12.1. The molecule has 1 aliphatic rings. The highest BCUT2D eigenvalue weighted by Gasteiger charge is 2.19. The summed E-state index contributed by atoms with van der Waals surface area (Å²) in [5.74, 6) is 0.449. The summed E-state index contributed by atoms with van der Waals surface area (Å²) in [5.41, 5.74) is 5.97. The molecule has 0 amide bonds. The number of nitrogens with two attached hydrogens (primary N) is 1. The van der Waals surface area contributed by atoms with Crippen LogP contribution in [-0.2, 0) is 14.8 Å². The molecule has 106 valence electrons. The smallest absolute Gasteiger partial charge is 0.242 e. The first-order valence-corrected chi connectivity index (χ1v) is 8.39. The molecule has 0 bridgehead atoms. The molecule has 0 aromatic heterocycles. The van der Waals surface area contributed by atoms with Crippen molar-refractivity contribution in [3.8, 4) is 0 Å². The molecule has 1 saturated heterocycles. The summed E-state index contributed by atoms with van der Waals surface area (Å²) in [5, 5.41) is 0. The van der Waals surface area contributed by atoms with Crippen LogP contribution in [0.2, 0.25) is 0 Å². The lowest BCUT2D eigenvalue weighted by molar-refractivity contribution is 0.184. The van der Waals surface area contributed by atoms with E-state index >= 15 is 0 Å². The summed E-state index contributed by atoms with van der Waals surface area (Å²) in [6.07, 6.45) is 1.79. The van der Waals surface area contributed by atoms with Crippen molar-refractivity contribution >= 4 is 31.6 Å². The number of hydrogen-bond donors (Lipinski definition) is 2. The lowest BCUT2D eigenvalue weighted by Crippen LogP contribution is -2.27. The highest BCUT2D eigenvalue weighted by molar-refractivity contribution is 9.10. The van der Waals surface area contributed by atoms with E-state index in [-0.39, 0.29) is 10.6 Å². The maximum Gasteiger partial charge on any atom is 0.242 e. The fourth-order valence-electron chi connectivity index (χ4n) is 2.05. The van der Waals surface area contributed by atoms with Crippen molar-refractivity contribution in [2.75, 3.05) is 25.5 Å². The van der Waals surface area contributed by atoms with Crippen LogP contribution in [0.25, 0.3) is 0 Å². The van der Waals surface area contributed by atoms with Crippen molar-refractivity contribution in [3.05, 3.63) is 22.7 Å². The van der Waals surface area contributed by atoms with Gasteiger partial charge in [-0.3, -0.25) is 0 Å². The third kappa shape index (κ3) is 3.92. The van der Waals surface area contributed by atoms with Gasteiger partial charge in [0.25, 0.3) is 0 Å². The molecule has 1 fully saturated rings. The van der Waals surface area contributed by atoms with E-state index in [1.807, 2.05) is 0 Å². The first kappa shape index (κ1) is 14.8. The number of rotatable bonds is 5. The van der Waals surface area contributed by atoms with Gasteiger partial charge in [-0.2, -0.15) is 0 Å². The van der Waals surface area contributed by atoms with Gasteiger partial charge < -0.3 is 10.5 Å². The van der Waals surface area contributed by atoms with Crippen molar-refractivity contribution < 1.29 is 13.2 Å². The molecule has 1 aromatic rings. The number of nitrogen functional groups attached to an aromatic ring is 1. The third-order valence-corrected chi connectivity index (χ3v) is 5.16. The molecule has 0 saturated carbocycles. The van der Waals surface area contributed by atoms with Crippen molar-refractivity contribution in [1.29, 1.82) is 0 Å². The monoisotopic (exact) mass is 348 g/mol. The van der Waals surface area contributed by atoms with Crippen LogP contribution in [0.5, 0.6) is 0 Å². The number of anilines is 1. The number of sulfonamides is 1. The van der Waals surface area contributed by atoms with Gasteiger partial charge in [0.1, 0.15) is 4.90 Å². The molecule has 0 aliphatic carbocycles. The highest BCUT2D eigenvalue weighted by atomic mass is 79.9. The molecule has 1 atom stereocenters. The minimum absolute atomic E-state index is 0.123. The minimum Gasteiger partial charge on any atom is -0.398 e. The zero-order valence-electron chi connectivity index (χ0n) is 10.4. The van der Waals surface area contributed by atoms with Gasteiger partial charge in [-0.25, -0.2) is 13.1 Å². The Morgan fingerprint density at radius 2 is 2.26 bits per heavy atom. The topological polar surface area (TPSA) is 81.4 Å². The van der Waals surface area contributed by atoms with Crippen LogP contribution in [0.3, 0.4) is 0 Å². The molecule has 1 aromatic carbocycles. The predicted molar refractivity (Wildman–Crippen MR) is 77.3 cm³/mol. The molecule has 19 heavy (non-hydrogen) atoms. The van der Waals surface area contributed by atoms with E-state index in [2.05, 4.69) is 20.7 Å². The van der Waals surface area contributed by atoms with Crippen molar-refractivity contribution in [1.82, 2.24) is 4.72 Å². The standard InChI is InChI=1S/C12H17BrN2O3S/c13-10-1-2-12(11(14)7-10)19(16,17)15-5-3-9-4-6-18-8-9/h1-2,7,9,15H,3-6,8,14H2. The Hall–Kier alpha value is -0.630. The van der Waals surface area contributed by atoms with Gasteiger partial charge in [0.2, 0.25) is 10.0 Å². The van der Waals surface area contributed by atoms with Gasteiger partial charge in [0.15, 0.2) is 0 Å². The lowest BCUT2D eigenvalue weighted by Gasteiger charge is -2.11. The van der Waals surface area contributed by atoms with Crippen LogP contribution >= 0.6 is 15.9 Å². The first-order chi connectivity index (χ1) is 8.99. The SMILES string of the molecule is Nc1cc(Br)ccc1S(=O)(=O)NCCC1CCOC1. The molecule has 2 rings (SSSR count). The van der Waals surface area contributed by atoms with Crippen LogP contribution < -0.4 is 10.5 Å². The van der Waals surface area contributed by atoms with Crippen LogP contribution in [0.15, 0.2) is 27.6 Å². The van der Waals surface area contributed by atoms with Gasteiger partial charge in [-0.15, -0.1) is 0 Å². The fourth-order valence-corrected chi connectivity index (χ4v) is 3.59. The second-order valence-corrected chi connectivity index (χ2v) is 7.25.